The molecular formula is C19H31N5O2. The van der Waals surface area contributed by atoms with E-state index in [4.69, 9.17) is 9.47 Å². The summed E-state index contributed by atoms with van der Waals surface area (Å²) in [7, 11) is 1.80. The minimum Gasteiger partial charge on any atom is -0.379 e. The molecule has 3 heterocycles. The molecule has 144 valence electrons. The van der Waals surface area contributed by atoms with E-state index in [0.29, 0.717) is 0 Å². The molecule has 1 aromatic rings. The predicted molar refractivity (Wildman–Crippen MR) is 104 cm³/mol. The quantitative estimate of drug-likeness (QED) is 0.416. The van der Waals surface area contributed by atoms with Gasteiger partial charge in [0.1, 0.15) is 5.82 Å². The lowest BCUT2D eigenvalue weighted by Gasteiger charge is -2.17. The Bertz CT molecular complexity index is 569. The molecule has 1 aromatic heterocycles. The number of ether oxygens (including phenoxy) is 2. The molecule has 0 bridgehead atoms. The summed E-state index contributed by atoms with van der Waals surface area (Å²) in [6.07, 6.45) is 6.67. The van der Waals surface area contributed by atoms with Crippen LogP contribution in [0.15, 0.2) is 23.3 Å². The number of pyridine rings is 1. The van der Waals surface area contributed by atoms with Gasteiger partial charge in [-0.25, -0.2) is 4.98 Å². The molecule has 0 amide bonds. The van der Waals surface area contributed by atoms with Crippen LogP contribution in [-0.4, -0.2) is 63.6 Å². The fourth-order valence-electron chi connectivity index (χ4n) is 3.27. The molecule has 2 aliphatic heterocycles. The summed E-state index contributed by atoms with van der Waals surface area (Å²) in [5.41, 5.74) is 1.22. The molecule has 7 nitrogen and oxygen atoms in total. The third kappa shape index (κ3) is 5.85. The summed E-state index contributed by atoms with van der Waals surface area (Å²) in [4.78, 5) is 11.1. The average molecular weight is 361 g/mol. The zero-order valence-electron chi connectivity index (χ0n) is 15.7. The van der Waals surface area contributed by atoms with E-state index >= 15 is 0 Å². The van der Waals surface area contributed by atoms with Crippen LogP contribution in [0.4, 0.5) is 5.82 Å². The van der Waals surface area contributed by atoms with Crippen LogP contribution in [0.25, 0.3) is 0 Å². The summed E-state index contributed by atoms with van der Waals surface area (Å²) in [5.74, 6) is 1.89. The van der Waals surface area contributed by atoms with Gasteiger partial charge in [-0.1, -0.05) is 0 Å². The Balaban J connectivity index is 1.35. The zero-order valence-corrected chi connectivity index (χ0v) is 15.7. The first-order valence-corrected chi connectivity index (χ1v) is 9.69. The maximum Gasteiger partial charge on any atom is 0.191 e. The predicted octanol–water partition coefficient (Wildman–Crippen LogP) is 1.54. The molecule has 1 atom stereocenters. The van der Waals surface area contributed by atoms with Crippen molar-refractivity contribution in [1.82, 2.24) is 15.6 Å². The smallest absolute Gasteiger partial charge is 0.191 e. The number of guanidine groups is 1. The van der Waals surface area contributed by atoms with E-state index < -0.39 is 0 Å². The van der Waals surface area contributed by atoms with Gasteiger partial charge in [-0.15, -0.1) is 0 Å². The van der Waals surface area contributed by atoms with E-state index in [1.165, 1.54) is 18.4 Å². The topological polar surface area (TPSA) is 71.0 Å². The molecule has 2 aliphatic rings. The lowest BCUT2D eigenvalue weighted by Crippen LogP contribution is -2.37. The lowest BCUT2D eigenvalue weighted by atomic mass is 10.2. The van der Waals surface area contributed by atoms with Crippen LogP contribution in [0.3, 0.4) is 0 Å². The van der Waals surface area contributed by atoms with Crippen LogP contribution < -0.4 is 15.5 Å². The number of rotatable bonds is 8. The van der Waals surface area contributed by atoms with Gasteiger partial charge < -0.3 is 25.0 Å². The highest BCUT2D eigenvalue weighted by Gasteiger charge is 2.15. The highest BCUT2D eigenvalue weighted by atomic mass is 16.5. The van der Waals surface area contributed by atoms with E-state index in [0.717, 1.165) is 70.6 Å². The number of anilines is 1. The first kappa shape index (κ1) is 18.9. The Morgan fingerprint density at radius 1 is 1.38 bits per heavy atom. The summed E-state index contributed by atoms with van der Waals surface area (Å²) >= 11 is 0. The third-order valence-electron chi connectivity index (χ3n) is 4.78. The SMILES string of the molecule is CN=C(NCCCOC1CCOC1)NCc1ccnc(N2CCCC2)c1. The van der Waals surface area contributed by atoms with Crippen molar-refractivity contribution >= 4 is 11.8 Å². The van der Waals surface area contributed by atoms with Crippen LogP contribution in [0, 0.1) is 0 Å². The number of hydrogen-bond acceptors (Lipinski definition) is 5. The van der Waals surface area contributed by atoms with Gasteiger partial charge in [0.15, 0.2) is 5.96 Å². The van der Waals surface area contributed by atoms with Crippen LogP contribution in [0.1, 0.15) is 31.2 Å². The molecule has 0 aromatic carbocycles. The zero-order chi connectivity index (χ0) is 18.0. The van der Waals surface area contributed by atoms with Crippen molar-refractivity contribution in [1.29, 1.82) is 0 Å². The van der Waals surface area contributed by atoms with Crippen molar-refractivity contribution in [3.8, 4) is 0 Å². The fraction of sp³-hybridized carbons (Fsp3) is 0.684. The Kier molecular flexibility index (Phi) is 7.51. The summed E-state index contributed by atoms with van der Waals surface area (Å²) in [6.45, 7) is 6.11. The molecule has 1 unspecified atom stereocenters. The molecular weight excluding hydrogens is 330 g/mol. The second-order valence-electron chi connectivity index (χ2n) is 6.78. The van der Waals surface area contributed by atoms with Crippen LogP contribution in [-0.2, 0) is 16.0 Å². The van der Waals surface area contributed by atoms with Gasteiger partial charge in [0, 0.05) is 52.6 Å². The highest BCUT2D eigenvalue weighted by molar-refractivity contribution is 5.79. The number of aromatic nitrogens is 1. The maximum atomic E-state index is 5.77. The number of nitrogens with zero attached hydrogens (tertiary/aromatic N) is 3. The molecule has 2 N–H and O–H groups in total. The fourth-order valence-corrected chi connectivity index (χ4v) is 3.27. The average Bonchev–Trinajstić information content (AvgIpc) is 3.38. The van der Waals surface area contributed by atoms with Crippen molar-refractivity contribution in [2.24, 2.45) is 4.99 Å². The van der Waals surface area contributed by atoms with Crippen molar-refractivity contribution in [2.75, 3.05) is 51.4 Å². The van der Waals surface area contributed by atoms with Crippen molar-refractivity contribution < 1.29 is 9.47 Å². The summed E-state index contributed by atoms with van der Waals surface area (Å²) in [6, 6.07) is 4.22. The van der Waals surface area contributed by atoms with E-state index in [9.17, 15) is 0 Å². The highest BCUT2D eigenvalue weighted by Crippen LogP contribution is 2.18. The second-order valence-corrected chi connectivity index (χ2v) is 6.78. The first-order valence-electron chi connectivity index (χ1n) is 9.69. The first-order chi connectivity index (χ1) is 12.8. The van der Waals surface area contributed by atoms with Gasteiger partial charge >= 0.3 is 0 Å². The molecule has 0 spiro atoms. The maximum absolute atomic E-state index is 5.77. The van der Waals surface area contributed by atoms with Crippen LogP contribution >= 0.6 is 0 Å². The van der Waals surface area contributed by atoms with Crippen molar-refractivity contribution in [2.45, 2.75) is 38.3 Å². The van der Waals surface area contributed by atoms with E-state index in [2.05, 4.69) is 37.6 Å². The molecule has 0 radical (unpaired) electrons. The summed E-state index contributed by atoms with van der Waals surface area (Å²) in [5, 5.41) is 6.70. The van der Waals surface area contributed by atoms with Gasteiger partial charge in [-0.3, -0.25) is 4.99 Å². The minimum atomic E-state index is 0.281. The molecule has 3 rings (SSSR count). The number of nitrogens with one attached hydrogen (secondary N) is 2. The van der Waals surface area contributed by atoms with Gasteiger partial charge in [0.25, 0.3) is 0 Å². The second kappa shape index (κ2) is 10.3. The normalized spacial score (nSPS) is 20.6. The molecule has 0 aliphatic carbocycles. The molecule has 2 fully saturated rings. The van der Waals surface area contributed by atoms with Crippen LogP contribution in [0.2, 0.25) is 0 Å². The van der Waals surface area contributed by atoms with Crippen LogP contribution in [0.5, 0.6) is 0 Å². The van der Waals surface area contributed by atoms with Gasteiger partial charge in [0.2, 0.25) is 0 Å². The van der Waals surface area contributed by atoms with Crippen molar-refractivity contribution in [3.63, 3.8) is 0 Å². The minimum absolute atomic E-state index is 0.281. The Labute approximate surface area is 156 Å². The Hall–Kier alpha value is -1.86. The molecule has 2 saturated heterocycles. The van der Waals surface area contributed by atoms with E-state index in [1.807, 2.05) is 6.20 Å². The van der Waals surface area contributed by atoms with Gasteiger partial charge in [0.05, 0.1) is 12.7 Å². The third-order valence-corrected chi connectivity index (χ3v) is 4.78. The molecule has 0 saturated carbocycles. The number of aliphatic imine (C=N–C) groups is 1. The molecule has 7 heteroatoms. The monoisotopic (exact) mass is 361 g/mol. The largest absolute Gasteiger partial charge is 0.379 e. The Morgan fingerprint density at radius 3 is 3.04 bits per heavy atom. The lowest BCUT2D eigenvalue weighted by molar-refractivity contribution is 0.0420. The van der Waals surface area contributed by atoms with Gasteiger partial charge in [-0.2, -0.15) is 0 Å². The summed E-state index contributed by atoms with van der Waals surface area (Å²) < 4.78 is 11.1. The Morgan fingerprint density at radius 2 is 2.27 bits per heavy atom. The number of hydrogen-bond donors (Lipinski definition) is 2. The van der Waals surface area contributed by atoms with Gasteiger partial charge in [-0.05, 0) is 43.4 Å². The molecule has 26 heavy (non-hydrogen) atoms. The van der Waals surface area contributed by atoms with E-state index in [-0.39, 0.29) is 6.10 Å². The van der Waals surface area contributed by atoms with E-state index in [1.54, 1.807) is 7.05 Å². The van der Waals surface area contributed by atoms with Crippen molar-refractivity contribution in [3.05, 3.63) is 23.9 Å². The standard InChI is InChI=1S/C19H31N5O2/c1-20-19(22-7-4-11-26-17-6-12-25-15-17)23-14-16-5-8-21-18(13-16)24-9-2-3-10-24/h5,8,13,17H,2-4,6-7,9-12,14-15H2,1H3,(H2,20,22,23).